The van der Waals surface area contributed by atoms with Crippen LogP contribution < -0.4 is 0 Å². The molecule has 1 amide bonds. The molecule has 2 atom stereocenters. The average molecular weight is 367 g/mol. The maximum absolute atomic E-state index is 13.0. The van der Waals surface area contributed by atoms with Crippen LogP contribution in [0.4, 0.5) is 0 Å². The lowest BCUT2D eigenvalue weighted by Gasteiger charge is -2.35. The van der Waals surface area contributed by atoms with Gasteiger partial charge in [-0.05, 0) is 56.7 Å². The fourth-order valence-electron chi connectivity index (χ4n) is 4.56. The van der Waals surface area contributed by atoms with Crippen molar-refractivity contribution in [3.63, 3.8) is 0 Å². The van der Waals surface area contributed by atoms with E-state index in [-0.39, 0.29) is 5.91 Å². The second-order valence-electron chi connectivity index (χ2n) is 7.96. The number of carbonyl (C=O) groups excluding carboxylic acids is 1. The van der Waals surface area contributed by atoms with Gasteiger partial charge in [0.25, 0.3) is 5.91 Å². The Kier molecular flexibility index (Phi) is 5.58. The summed E-state index contributed by atoms with van der Waals surface area (Å²) in [5.74, 6) is 0.709. The fourth-order valence-corrected chi connectivity index (χ4v) is 4.56. The molecule has 1 aromatic heterocycles. The van der Waals surface area contributed by atoms with Crippen molar-refractivity contribution in [2.45, 2.75) is 45.2 Å². The largest absolute Gasteiger partial charge is 0.333 e. The summed E-state index contributed by atoms with van der Waals surface area (Å²) in [5.41, 5.74) is 2.01. The number of fused-ring (bicyclic) bond motifs is 4. The Balaban J connectivity index is 1.36. The molecule has 3 aliphatic heterocycles. The molecule has 0 saturated carbocycles. The Morgan fingerprint density at radius 1 is 1.11 bits per heavy atom. The van der Waals surface area contributed by atoms with Crippen molar-refractivity contribution in [2.75, 3.05) is 26.2 Å². The van der Waals surface area contributed by atoms with Gasteiger partial charge in [-0.25, -0.2) is 0 Å². The Labute approximate surface area is 162 Å². The lowest BCUT2D eigenvalue weighted by molar-refractivity contribution is 0.0578. The third-order valence-corrected chi connectivity index (χ3v) is 6.02. The highest BCUT2D eigenvalue weighted by molar-refractivity contribution is 5.92. The molecule has 0 N–H and O–H groups in total. The van der Waals surface area contributed by atoms with E-state index in [1.165, 1.54) is 18.4 Å². The van der Waals surface area contributed by atoms with Crippen LogP contribution in [0.1, 0.15) is 42.2 Å². The molecule has 3 fully saturated rings. The zero-order chi connectivity index (χ0) is 18.6. The molecule has 2 bridgehead atoms. The Bertz CT molecular complexity index is 757. The van der Waals surface area contributed by atoms with E-state index in [4.69, 9.17) is 0 Å². The van der Waals surface area contributed by atoms with Gasteiger partial charge < -0.3 is 9.80 Å². The number of aryl methyl sites for hydroxylation is 2. The van der Waals surface area contributed by atoms with Crippen LogP contribution in [0.2, 0.25) is 0 Å². The molecule has 0 unspecified atom stereocenters. The maximum Gasteiger partial charge on any atom is 0.274 e. The number of piperidine rings is 1. The van der Waals surface area contributed by atoms with Crippen LogP contribution in [0, 0.1) is 5.92 Å². The van der Waals surface area contributed by atoms with Gasteiger partial charge in [0, 0.05) is 38.4 Å². The Hall–Kier alpha value is -2.14. The van der Waals surface area contributed by atoms with E-state index in [0.717, 1.165) is 45.6 Å². The minimum absolute atomic E-state index is 0.114. The topological polar surface area (TPSA) is 41.4 Å². The summed E-state index contributed by atoms with van der Waals surface area (Å²) in [5, 5.41) is 4.43. The summed E-state index contributed by atoms with van der Waals surface area (Å²) in [6, 6.07) is 12.9. The van der Waals surface area contributed by atoms with Crippen LogP contribution in [0.3, 0.4) is 0 Å². The van der Waals surface area contributed by atoms with Crippen molar-refractivity contribution in [1.82, 2.24) is 19.6 Å². The highest BCUT2D eigenvalue weighted by Crippen LogP contribution is 2.29. The number of hydrogen-bond acceptors (Lipinski definition) is 3. The van der Waals surface area contributed by atoms with Crippen molar-refractivity contribution < 1.29 is 4.79 Å². The van der Waals surface area contributed by atoms with Crippen molar-refractivity contribution in [2.24, 2.45) is 5.92 Å². The van der Waals surface area contributed by atoms with Gasteiger partial charge in [0.1, 0.15) is 5.69 Å². The molecule has 3 aliphatic rings. The Morgan fingerprint density at radius 2 is 1.96 bits per heavy atom. The lowest BCUT2D eigenvalue weighted by Crippen LogP contribution is -2.47. The van der Waals surface area contributed by atoms with E-state index in [1.54, 1.807) is 0 Å². The van der Waals surface area contributed by atoms with Gasteiger partial charge in [-0.1, -0.05) is 30.3 Å². The molecule has 1 aromatic carbocycles. The van der Waals surface area contributed by atoms with E-state index in [0.29, 0.717) is 17.7 Å². The number of amides is 1. The molecule has 5 nitrogen and oxygen atoms in total. The van der Waals surface area contributed by atoms with Gasteiger partial charge >= 0.3 is 0 Å². The number of carbonyl (C=O) groups is 1. The molecular weight excluding hydrogens is 336 g/mol. The number of benzene rings is 1. The smallest absolute Gasteiger partial charge is 0.274 e. The Morgan fingerprint density at radius 3 is 2.74 bits per heavy atom. The van der Waals surface area contributed by atoms with Gasteiger partial charge in [0.05, 0.1) is 0 Å². The molecule has 27 heavy (non-hydrogen) atoms. The summed E-state index contributed by atoms with van der Waals surface area (Å²) in [7, 11) is 0. The van der Waals surface area contributed by atoms with Crippen molar-refractivity contribution >= 4 is 5.91 Å². The van der Waals surface area contributed by atoms with Crippen LogP contribution in [-0.2, 0) is 13.0 Å². The van der Waals surface area contributed by atoms with Gasteiger partial charge in [-0.15, -0.1) is 0 Å². The monoisotopic (exact) mass is 366 g/mol. The van der Waals surface area contributed by atoms with Crippen LogP contribution in [0.25, 0.3) is 0 Å². The van der Waals surface area contributed by atoms with E-state index < -0.39 is 0 Å². The van der Waals surface area contributed by atoms with Gasteiger partial charge in [0.2, 0.25) is 0 Å². The molecular formula is C22H30N4O. The molecule has 3 saturated heterocycles. The van der Waals surface area contributed by atoms with Crippen molar-refractivity contribution in [3.05, 3.63) is 53.9 Å². The molecule has 144 valence electrons. The second kappa shape index (κ2) is 8.26. The molecule has 0 spiro atoms. The number of rotatable bonds is 6. The summed E-state index contributed by atoms with van der Waals surface area (Å²) in [6.45, 7) is 6.98. The maximum atomic E-state index is 13.0. The summed E-state index contributed by atoms with van der Waals surface area (Å²) in [6.07, 6.45) is 6.58. The first-order valence-electron chi connectivity index (χ1n) is 10.3. The molecule has 0 radical (unpaired) electrons. The second-order valence-corrected chi connectivity index (χ2v) is 7.96. The van der Waals surface area contributed by atoms with Gasteiger partial charge in [-0.2, -0.15) is 5.10 Å². The van der Waals surface area contributed by atoms with E-state index in [1.807, 2.05) is 23.9 Å². The highest BCUT2D eigenvalue weighted by atomic mass is 16.2. The first kappa shape index (κ1) is 18.2. The standard InChI is InChI=1S/C22H30N4O/c1-2-25-14-12-21(23-25)22(27)26-16-19-10-11-20(26)17-24(15-19)13-6-9-18-7-4-3-5-8-18/h3-5,7-8,12,14,19-20H,2,6,9-11,13,15-17H2,1H3/t19-,20+/m0/s1. The molecule has 4 heterocycles. The van der Waals surface area contributed by atoms with Crippen LogP contribution >= 0.6 is 0 Å². The minimum atomic E-state index is 0.114. The number of aromatic nitrogens is 2. The van der Waals surface area contributed by atoms with E-state index >= 15 is 0 Å². The predicted molar refractivity (Wildman–Crippen MR) is 107 cm³/mol. The van der Waals surface area contributed by atoms with Crippen molar-refractivity contribution in [3.8, 4) is 0 Å². The number of nitrogens with zero attached hydrogens (tertiary/aromatic N) is 4. The summed E-state index contributed by atoms with van der Waals surface area (Å²) >= 11 is 0. The van der Waals surface area contributed by atoms with Crippen molar-refractivity contribution in [1.29, 1.82) is 0 Å². The zero-order valence-electron chi connectivity index (χ0n) is 16.3. The highest BCUT2D eigenvalue weighted by Gasteiger charge is 2.37. The van der Waals surface area contributed by atoms with E-state index in [9.17, 15) is 4.79 Å². The molecule has 2 aromatic rings. The predicted octanol–water partition coefficient (Wildman–Crippen LogP) is 3.07. The summed E-state index contributed by atoms with van der Waals surface area (Å²) < 4.78 is 1.83. The molecule has 5 rings (SSSR count). The van der Waals surface area contributed by atoms with Gasteiger partial charge in [-0.3, -0.25) is 9.48 Å². The molecule has 0 aliphatic carbocycles. The zero-order valence-corrected chi connectivity index (χ0v) is 16.3. The minimum Gasteiger partial charge on any atom is -0.333 e. The van der Waals surface area contributed by atoms with Gasteiger partial charge in [0.15, 0.2) is 0 Å². The first-order chi connectivity index (χ1) is 13.2. The molecule has 5 heteroatoms. The lowest BCUT2D eigenvalue weighted by atomic mass is 9.95. The SMILES string of the molecule is CCn1ccc(C(=O)N2C[C@H]3CC[C@@H]2CN(CCCc2ccccc2)C3)n1. The van der Waals surface area contributed by atoms with Crippen LogP contribution in [0.5, 0.6) is 0 Å². The average Bonchev–Trinajstić information content (AvgIpc) is 3.02. The first-order valence-corrected chi connectivity index (χ1v) is 10.3. The van der Waals surface area contributed by atoms with Crippen LogP contribution in [-0.4, -0.2) is 57.7 Å². The van der Waals surface area contributed by atoms with Crippen LogP contribution in [0.15, 0.2) is 42.6 Å². The summed E-state index contributed by atoms with van der Waals surface area (Å²) in [4.78, 5) is 17.7. The quantitative estimate of drug-likeness (QED) is 0.789. The van der Waals surface area contributed by atoms with E-state index in [2.05, 4.69) is 45.2 Å². The fraction of sp³-hybridized carbons (Fsp3) is 0.545. The third kappa shape index (κ3) is 4.24. The third-order valence-electron chi connectivity index (χ3n) is 6.02. The normalized spacial score (nSPS) is 22.8. The number of hydrogen-bond donors (Lipinski definition) is 0.